The smallest absolute Gasteiger partial charge is 0.410 e. The predicted molar refractivity (Wildman–Crippen MR) is 83.1 cm³/mol. The first-order valence-corrected chi connectivity index (χ1v) is 8.39. The van der Waals surface area contributed by atoms with Gasteiger partial charge in [-0.05, 0) is 57.3 Å². The fourth-order valence-corrected chi connectivity index (χ4v) is 4.10. The molecule has 0 bridgehead atoms. The van der Waals surface area contributed by atoms with Crippen molar-refractivity contribution in [3.05, 3.63) is 0 Å². The van der Waals surface area contributed by atoms with E-state index < -0.39 is 5.60 Å². The number of ether oxygens (including phenoxy) is 1. The van der Waals surface area contributed by atoms with Gasteiger partial charge >= 0.3 is 6.09 Å². The first-order chi connectivity index (χ1) is 9.65. The topological polar surface area (TPSA) is 41.6 Å². The van der Waals surface area contributed by atoms with Crippen molar-refractivity contribution in [3.8, 4) is 0 Å². The maximum Gasteiger partial charge on any atom is 0.410 e. The summed E-state index contributed by atoms with van der Waals surface area (Å²) in [7, 11) is 0. The van der Waals surface area contributed by atoms with E-state index in [1.54, 1.807) is 0 Å². The molecular formula is C17H30N2O2. The van der Waals surface area contributed by atoms with Gasteiger partial charge in [-0.1, -0.05) is 13.8 Å². The van der Waals surface area contributed by atoms with Gasteiger partial charge in [0.1, 0.15) is 5.60 Å². The molecule has 1 saturated heterocycles. The number of piperidine rings is 1. The summed E-state index contributed by atoms with van der Waals surface area (Å²) in [5.74, 6) is 1.31. The molecule has 0 spiro atoms. The molecule has 120 valence electrons. The lowest BCUT2D eigenvalue weighted by Gasteiger charge is -2.26. The minimum absolute atomic E-state index is 0.143. The summed E-state index contributed by atoms with van der Waals surface area (Å²) < 4.78 is 5.45. The van der Waals surface area contributed by atoms with Crippen LogP contribution in [0.3, 0.4) is 0 Å². The van der Waals surface area contributed by atoms with Crippen molar-refractivity contribution in [2.45, 2.75) is 71.6 Å². The summed E-state index contributed by atoms with van der Waals surface area (Å²) in [6, 6.07) is 1.33. The van der Waals surface area contributed by atoms with Crippen LogP contribution in [0.5, 0.6) is 0 Å². The minimum Gasteiger partial charge on any atom is -0.444 e. The molecule has 3 aliphatic rings. The first-order valence-electron chi connectivity index (χ1n) is 8.39. The van der Waals surface area contributed by atoms with Crippen molar-refractivity contribution in [1.82, 2.24) is 10.2 Å². The summed E-state index contributed by atoms with van der Waals surface area (Å²) in [5, 5.41) is 3.84. The fraction of sp³-hybridized carbons (Fsp3) is 0.941. The third kappa shape index (κ3) is 3.36. The average Bonchev–Trinajstić information content (AvgIpc) is 2.72. The van der Waals surface area contributed by atoms with Crippen LogP contribution in [0.1, 0.15) is 53.9 Å². The molecule has 3 fully saturated rings. The van der Waals surface area contributed by atoms with Gasteiger partial charge in [-0.25, -0.2) is 4.79 Å². The highest BCUT2D eigenvalue weighted by Crippen LogP contribution is 2.47. The summed E-state index contributed by atoms with van der Waals surface area (Å²) >= 11 is 0. The van der Waals surface area contributed by atoms with Crippen LogP contribution in [0.4, 0.5) is 4.79 Å². The van der Waals surface area contributed by atoms with Crippen molar-refractivity contribution in [1.29, 1.82) is 0 Å². The number of hydrogen-bond donors (Lipinski definition) is 1. The Balaban J connectivity index is 1.43. The van der Waals surface area contributed by atoms with Gasteiger partial charge in [0.25, 0.3) is 0 Å². The van der Waals surface area contributed by atoms with Gasteiger partial charge in [0.2, 0.25) is 0 Å². The van der Waals surface area contributed by atoms with Crippen molar-refractivity contribution in [3.63, 3.8) is 0 Å². The zero-order chi connectivity index (χ0) is 15.4. The van der Waals surface area contributed by atoms with Crippen molar-refractivity contribution in [2.24, 2.45) is 17.3 Å². The van der Waals surface area contributed by atoms with E-state index in [-0.39, 0.29) is 6.09 Å². The molecule has 21 heavy (non-hydrogen) atoms. The SMILES string of the molecule is CC1(C)CCC(NC2C3CN(C(=O)OC(C)(C)C)CC32)C1. The Bertz CT molecular complexity index is 415. The Morgan fingerprint density at radius 2 is 1.86 bits per heavy atom. The summed E-state index contributed by atoms with van der Waals surface area (Å²) in [6.07, 6.45) is 3.78. The van der Waals surface area contributed by atoms with Crippen LogP contribution in [-0.4, -0.2) is 41.8 Å². The van der Waals surface area contributed by atoms with E-state index in [0.717, 1.165) is 13.1 Å². The number of likely N-dealkylation sites (tertiary alicyclic amines) is 1. The molecule has 1 aliphatic heterocycles. The molecule has 0 radical (unpaired) electrons. The minimum atomic E-state index is -0.392. The Labute approximate surface area is 128 Å². The lowest BCUT2D eigenvalue weighted by molar-refractivity contribution is 0.0268. The zero-order valence-electron chi connectivity index (χ0n) is 14.1. The first kappa shape index (κ1) is 15.1. The molecule has 0 aromatic heterocycles. The third-order valence-electron chi connectivity index (χ3n) is 5.24. The molecule has 2 saturated carbocycles. The Kier molecular flexibility index (Phi) is 3.51. The van der Waals surface area contributed by atoms with Crippen LogP contribution < -0.4 is 5.32 Å². The van der Waals surface area contributed by atoms with Gasteiger partial charge < -0.3 is 15.0 Å². The van der Waals surface area contributed by atoms with Gasteiger partial charge in [-0.15, -0.1) is 0 Å². The van der Waals surface area contributed by atoms with Crippen molar-refractivity contribution >= 4 is 6.09 Å². The number of amides is 1. The van der Waals surface area contributed by atoms with E-state index in [4.69, 9.17) is 4.74 Å². The second kappa shape index (κ2) is 4.87. The Morgan fingerprint density at radius 3 is 2.33 bits per heavy atom. The van der Waals surface area contributed by atoms with Crippen LogP contribution in [0.15, 0.2) is 0 Å². The Hall–Kier alpha value is -0.770. The normalized spacial score (nSPS) is 37.5. The van der Waals surface area contributed by atoms with Crippen LogP contribution in [0, 0.1) is 17.3 Å². The molecule has 0 aromatic rings. The van der Waals surface area contributed by atoms with E-state index in [9.17, 15) is 4.79 Å². The second-order valence-electron chi connectivity index (χ2n) is 9.01. The largest absolute Gasteiger partial charge is 0.444 e. The highest BCUT2D eigenvalue weighted by molar-refractivity contribution is 5.69. The number of nitrogens with one attached hydrogen (secondary N) is 1. The van der Waals surface area contributed by atoms with Crippen LogP contribution >= 0.6 is 0 Å². The van der Waals surface area contributed by atoms with E-state index in [0.29, 0.717) is 29.3 Å². The summed E-state index contributed by atoms with van der Waals surface area (Å²) in [5.41, 5.74) is 0.112. The van der Waals surface area contributed by atoms with E-state index >= 15 is 0 Å². The lowest BCUT2D eigenvalue weighted by atomic mass is 9.92. The molecule has 0 aromatic carbocycles. The second-order valence-corrected chi connectivity index (χ2v) is 9.01. The van der Waals surface area contributed by atoms with Crippen LogP contribution in [0.2, 0.25) is 0 Å². The zero-order valence-corrected chi connectivity index (χ0v) is 14.1. The standard InChI is InChI=1S/C17H30N2O2/c1-16(2,3)21-15(20)19-9-12-13(10-19)14(12)18-11-6-7-17(4,5)8-11/h11-14,18H,6-10H2,1-5H3. The molecule has 2 aliphatic carbocycles. The highest BCUT2D eigenvalue weighted by Gasteiger charge is 2.57. The van der Waals surface area contributed by atoms with Crippen LogP contribution in [0.25, 0.3) is 0 Å². The number of nitrogens with zero attached hydrogens (tertiary/aromatic N) is 1. The number of hydrogen-bond acceptors (Lipinski definition) is 3. The molecule has 4 nitrogen and oxygen atoms in total. The molecule has 1 amide bonds. The third-order valence-corrected chi connectivity index (χ3v) is 5.24. The molecule has 3 rings (SSSR count). The van der Waals surface area contributed by atoms with Crippen molar-refractivity contribution < 1.29 is 9.53 Å². The Morgan fingerprint density at radius 1 is 1.24 bits per heavy atom. The molecule has 1 N–H and O–H groups in total. The molecule has 3 unspecified atom stereocenters. The highest BCUT2D eigenvalue weighted by atomic mass is 16.6. The van der Waals surface area contributed by atoms with E-state index in [1.165, 1.54) is 19.3 Å². The van der Waals surface area contributed by atoms with Gasteiger partial charge in [0.05, 0.1) is 0 Å². The summed E-state index contributed by atoms with van der Waals surface area (Å²) in [4.78, 5) is 13.9. The van der Waals surface area contributed by atoms with Gasteiger partial charge in [0.15, 0.2) is 0 Å². The van der Waals surface area contributed by atoms with E-state index in [1.807, 2.05) is 25.7 Å². The molecule has 3 atom stereocenters. The molecule has 1 heterocycles. The predicted octanol–water partition coefficient (Wildman–Crippen LogP) is 3.02. The van der Waals surface area contributed by atoms with Gasteiger partial charge in [-0.3, -0.25) is 0 Å². The van der Waals surface area contributed by atoms with Crippen molar-refractivity contribution in [2.75, 3.05) is 13.1 Å². The fourth-order valence-electron chi connectivity index (χ4n) is 4.10. The van der Waals surface area contributed by atoms with Gasteiger partial charge in [0, 0.05) is 25.2 Å². The number of carbonyl (C=O) groups is 1. The average molecular weight is 294 g/mol. The summed E-state index contributed by atoms with van der Waals surface area (Å²) in [6.45, 7) is 12.2. The van der Waals surface area contributed by atoms with E-state index in [2.05, 4.69) is 19.2 Å². The monoisotopic (exact) mass is 294 g/mol. The number of rotatable bonds is 2. The maximum absolute atomic E-state index is 12.0. The number of fused-ring (bicyclic) bond motifs is 1. The van der Waals surface area contributed by atoms with Gasteiger partial charge in [-0.2, -0.15) is 0 Å². The maximum atomic E-state index is 12.0. The quantitative estimate of drug-likeness (QED) is 0.851. The van der Waals surface area contributed by atoms with Crippen LogP contribution in [-0.2, 0) is 4.74 Å². The number of carbonyl (C=O) groups excluding carboxylic acids is 1. The lowest BCUT2D eigenvalue weighted by Crippen LogP contribution is -2.40. The molecule has 4 heteroatoms. The molecular weight excluding hydrogens is 264 g/mol.